The van der Waals surface area contributed by atoms with E-state index in [4.69, 9.17) is 5.26 Å². The Hall–Kier alpha value is -3.17. The number of aliphatic hydroxyl groups is 1. The topological polar surface area (TPSA) is 80.5 Å². The second-order valence-electron chi connectivity index (χ2n) is 5.36. The van der Waals surface area contributed by atoms with Crippen molar-refractivity contribution in [1.82, 2.24) is 9.99 Å². The normalized spacial score (nSPS) is 11.6. The third kappa shape index (κ3) is 3.59. The number of hydrazine groups is 1. The lowest BCUT2D eigenvalue weighted by molar-refractivity contribution is 0.112. The molecule has 6 heteroatoms. The van der Waals surface area contributed by atoms with Gasteiger partial charge in [-0.1, -0.05) is 12.1 Å². The molecule has 24 heavy (non-hydrogen) atoms. The highest BCUT2D eigenvalue weighted by atomic mass is 16.3. The van der Waals surface area contributed by atoms with E-state index < -0.39 is 0 Å². The van der Waals surface area contributed by atoms with Crippen LogP contribution >= 0.6 is 0 Å². The van der Waals surface area contributed by atoms with Gasteiger partial charge in [-0.25, -0.2) is 15.0 Å². The second-order valence-corrected chi connectivity index (χ2v) is 5.36. The molecular formula is C18H18N4O2. The maximum Gasteiger partial charge on any atom is 0.211 e. The molecular weight excluding hydrogens is 304 g/mol. The Morgan fingerprint density at radius 3 is 2.33 bits per heavy atom. The number of aromatic nitrogens is 1. The van der Waals surface area contributed by atoms with Crippen LogP contribution in [0.4, 0.5) is 5.82 Å². The molecule has 0 saturated carbocycles. The Kier molecular flexibility index (Phi) is 5.30. The molecule has 0 aliphatic carbocycles. The molecule has 0 unspecified atom stereocenters. The molecule has 0 saturated heterocycles. The molecule has 1 heterocycles. The lowest BCUT2D eigenvalue weighted by atomic mass is 10.1. The van der Waals surface area contributed by atoms with Crippen molar-refractivity contribution in [3.8, 4) is 6.07 Å². The minimum absolute atomic E-state index is 0.0102. The van der Waals surface area contributed by atoms with E-state index in [1.54, 1.807) is 62.4 Å². The summed E-state index contributed by atoms with van der Waals surface area (Å²) in [6.45, 7) is 1.78. The Balaban J connectivity index is 2.44. The van der Waals surface area contributed by atoms with Crippen molar-refractivity contribution in [3.63, 3.8) is 0 Å². The Morgan fingerprint density at radius 2 is 1.88 bits per heavy atom. The number of nitrogens with zero attached hydrogens (tertiary/aromatic N) is 4. The maximum atomic E-state index is 10.8. The van der Waals surface area contributed by atoms with Crippen LogP contribution in [0.3, 0.4) is 0 Å². The van der Waals surface area contributed by atoms with Crippen molar-refractivity contribution in [2.24, 2.45) is 0 Å². The number of benzene rings is 1. The summed E-state index contributed by atoms with van der Waals surface area (Å²) in [7, 11) is 3.55. The Morgan fingerprint density at radius 1 is 1.21 bits per heavy atom. The summed E-state index contributed by atoms with van der Waals surface area (Å²) in [5, 5.41) is 22.8. The van der Waals surface area contributed by atoms with Crippen LogP contribution in [0.25, 0.3) is 5.57 Å². The van der Waals surface area contributed by atoms with Crippen molar-refractivity contribution in [1.29, 1.82) is 5.26 Å². The average molecular weight is 322 g/mol. The SMILES string of the molecule is C/C(=C(/O)N(c1ccc(C=O)cn1)N(C)C)c1ccc(C#N)cc1. The van der Waals surface area contributed by atoms with Gasteiger partial charge in [-0.15, -0.1) is 0 Å². The zero-order valence-electron chi connectivity index (χ0n) is 13.8. The zero-order chi connectivity index (χ0) is 17.7. The van der Waals surface area contributed by atoms with E-state index in [9.17, 15) is 9.90 Å². The van der Waals surface area contributed by atoms with Crippen LogP contribution in [0.1, 0.15) is 28.4 Å². The van der Waals surface area contributed by atoms with Gasteiger partial charge in [0.15, 0.2) is 6.29 Å². The van der Waals surface area contributed by atoms with Gasteiger partial charge >= 0.3 is 0 Å². The molecule has 0 bridgehead atoms. The van der Waals surface area contributed by atoms with Crippen LogP contribution < -0.4 is 5.01 Å². The minimum Gasteiger partial charge on any atom is -0.493 e. The fraction of sp³-hybridized carbons (Fsp3) is 0.167. The highest BCUT2D eigenvalue weighted by molar-refractivity contribution is 5.75. The van der Waals surface area contributed by atoms with Crippen LogP contribution in [0, 0.1) is 11.3 Å². The molecule has 1 N–H and O–H groups in total. The molecule has 6 nitrogen and oxygen atoms in total. The van der Waals surface area contributed by atoms with Crippen molar-refractivity contribution in [2.75, 3.05) is 19.1 Å². The molecule has 0 radical (unpaired) electrons. The number of allylic oxidation sites excluding steroid dienone is 1. The van der Waals surface area contributed by atoms with E-state index in [1.807, 2.05) is 0 Å². The Labute approximate surface area is 140 Å². The van der Waals surface area contributed by atoms with Crippen LogP contribution in [0.15, 0.2) is 48.5 Å². The summed E-state index contributed by atoms with van der Waals surface area (Å²) in [6.07, 6.45) is 2.16. The van der Waals surface area contributed by atoms with Crippen LogP contribution in [-0.2, 0) is 0 Å². The minimum atomic E-state index is 0.0102. The fourth-order valence-corrected chi connectivity index (χ4v) is 2.18. The van der Waals surface area contributed by atoms with E-state index in [0.717, 1.165) is 5.56 Å². The van der Waals surface area contributed by atoms with Crippen LogP contribution in [0.5, 0.6) is 0 Å². The number of aldehydes is 1. The molecule has 0 atom stereocenters. The number of aliphatic hydroxyl groups excluding tert-OH is 1. The lowest BCUT2D eigenvalue weighted by Crippen LogP contribution is -2.37. The third-order valence-electron chi connectivity index (χ3n) is 3.51. The van der Waals surface area contributed by atoms with Crippen LogP contribution in [-0.4, -0.2) is 35.5 Å². The number of hydrogen-bond acceptors (Lipinski definition) is 6. The average Bonchev–Trinajstić information content (AvgIpc) is 2.61. The van der Waals surface area contributed by atoms with Gasteiger partial charge in [0.1, 0.15) is 5.82 Å². The molecule has 0 aliphatic heterocycles. The number of anilines is 1. The first-order valence-electron chi connectivity index (χ1n) is 7.27. The van der Waals surface area contributed by atoms with Gasteiger partial charge in [0, 0.05) is 31.4 Å². The van der Waals surface area contributed by atoms with E-state index in [0.29, 0.717) is 28.8 Å². The number of carbonyl (C=O) groups is 1. The number of carbonyl (C=O) groups excluding carboxylic acids is 1. The monoisotopic (exact) mass is 322 g/mol. The summed E-state index contributed by atoms with van der Waals surface area (Å²) in [5.41, 5.74) is 2.45. The highest BCUT2D eigenvalue weighted by Gasteiger charge is 2.18. The lowest BCUT2D eigenvalue weighted by Gasteiger charge is -2.29. The van der Waals surface area contributed by atoms with Crippen molar-refractivity contribution in [2.45, 2.75) is 6.92 Å². The first-order valence-corrected chi connectivity index (χ1v) is 7.27. The summed E-state index contributed by atoms with van der Waals surface area (Å²) < 4.78 is 0. The van der Waals surface area contributed by atoms with E-state index in [1.165, 1.54) is 11.2 Å². The molecule has 1 aromatic carbocycles. The number of hydrogen-bond donors (Lipinski definition) is 1. The first kappa shape index (κ1) is 17.2. The standard InChI is InChI=1S/C18H18N4O2/c1-13(16-7-4-14(10-19)5-8-16)18(24)22(21(2)3)17-9-6-15(12-23)11-20-17/h4-9,11-12,24H,1-3H3/b18-13-. The van der Waals surface area contributed by atoms with Gasteiger partial charge in [0.25, 0.3) is 0 Å². The van der Waals surface area contributed by atoms with Crippen molar-refractivity contribution >= 4 is 17.7 Å². The maximum absolute atomic E-state index is 10.8. The van der Waals surface area contributed by atoms with E-state index in [-0.39, 0.29) is 5.88 Å². The molecule has 0 aliphatic rings. The fourth-order valence-electron chi connectivity index (χ4n) is 2.18. The molecule has 2 aromatic rings. The largest absolute Gasteiger partial charge is 0.493 e. The van der Waals surface area contributed by atoms with Crippen LogP contribution in [0.2, 0.25) is 0 Å². The number of nitriles is 1. The summed E-state index contributed by atoms with van der Waals surface area (Å²) >= 11 is 0. The number of rotatable bonds is 5. The van der Waals surface area contributed by atoms with Crippen molar-refractivity contribution in [3.05, 3.63) is 65.2 Å². The smallest absolute Gasteiger partial charge is 0.211 e. The van der Waals surface area contributed by atoms with E-state index in [2.05, 4.69) is 11.1 Å². The highest BCUT2D eigenvalue weighted by Crippen LogP contribution is 2.24. The van der Waals surface area contributed by atoms with Gasteiger partial charge in [0.05, 0.1) is 11.6 Å². The Bertz CT molecular complexity index is 787. The third-order valence-corrected chi connectivity index (χ3v) is 3.51. The molecule has 1 aromatic heterocycles. The van der Waals surface area contributed by atoms with Gasteiger partial charge < -0.3 is 5.11 Å². The number of pyridine rings is 1. The van der Waals surface area contributed by atoms with Gasteiger partial charge in [-0.2, -0.15) is 5.26 Å². The van der Waals surface area contributed by atoms with Gasteiger partial charge in [0.2, 0.25) is 5.88 Å². The molecule has 0 spiro atoms. The van der Waals surface area contributed by atoms with Crippen molar-refractivity contribution < 1.29 is 9.90 Å². The summed E-state index contributed by atoms with van der Waals surface area (Å²) in [6, 6.07) is 12.3. The quantitative estimate of drug-likeness (QED) is 0.518. The predicted molar refractivity (Wildman–Crippen MR) is 92.2 cm³/mol. The van der Waals surface area contributed by atoms with Gasteiger partial charge in [-0.3, -0.25) is 4.79 Å². The van der Waals surface area contributed by atoms with Gasteiger partial charge in [-0.05, 0) is 36.8 Å². The molecule has 0 fully saturated rings. The predicted octanol–water partition coefficient (Wildman–Crippen LogP) is 3.00. The second kappa shape index (κ2) is 7.40. The summed E-state index contributed by atoms with van der Waals surface area (Å²) in [4.78, 5) is 15.0. The summed E-state index contributed by atoms with van der Waals surface area (Å²) in [5.74, 6) is 0.493. The molecule has 122 valence electrons. The zero-order valence-corrected chi connectivity index (χ0v) is 13.8. The first-order chi connectivity index (χ1) is 11.5. The molecule has 0 amide bonds. The van der Waals surface area contributed by atoms with E-state index >= 15 is 0 Å². The molecule has 2 rings (SSSR count).